The Bertz CT molecular complexity index is 200. The smallest absolute Gasteiger partial charge is 0.240 e. The fourth-order valence-corrected chi connectivity index (χ4v) is 1.24. The Morgan fingerprint density at radius 3 is 2.33 bits per heavy atom. The van der Waals surface area contributed by atoms with Crippen LogP contribution >= 0.6 is 0 Å². The first-order chi connectivity index (χ1) is 7.20. The summed E-state index contributed by atoms with van der Waals surface area (Å²) in [5.74, 6) is 0.0410. The van der Waals surface area contributed by atoms with Crippen LogP contribution in [0.4, 0.5) is 0 Å². The number of unbranched alkanes of at least 4 members (excludes halogenated alkanes) is 3. The lowest BCUT2D eigenvalue weighted by molar-refractivity contribution is -0.121. The molecule has 3 nitrogen and oxygen atoms in total. The highest BCUT2D eigenvalue weighted by Crippen LogP contribution is 1.99. The van der Waals surface area contributed by atoms with Crippen LogP contribution in [-0.2, 0) is 4.79 Å². The van der Waals surface area contributed by atoms with Crippen molar-refractivity contribution < 1.29 is 4.79 Å². The number of hydrazone groups is 1. The summed E-state index contributed by atoms with van der Waals surface area (Å²) in [5.41, 5.74) is 3.61. The maximum Gasteiger partial charge on any atom is 0.240 e. The monoisotopic (exact) mass is 212 g/mol. The molecule has 0 unspecified atom stereocenters. The molecule has 1 N–H and O–H groups in total. The summed E-state index contributed by atoms with van der Waals surface area (Å²) in [5, 5.41) is 4.06. The van der Waals surface area contributed by atoms with Gasteiger partial charge in [0.1, 0.15) is 0 Å². The van der Waals surface area contributed by atoms with Crippen LogP contribution in [0.25, 0.3) is 0 Å². The third-order valence-electron chi connectivity index (χ3n) is 2.27. The molecule has 0 radical (unpaired) electrons. The summed E-state index contributed by atoms with van der Waals surface area (Å²) in [6.45, 7) is 6.24. The Morgan fingerprint density at radius 2 is 1.73 bits per heavy atom. The van der Waals surface area contributed by atoms with E-state index in [0.717, 1.165) is 44.2 Å². The van der Waals surface area contributed by atoms with Crippen molar-refractivity contribution in [3.8, 4) is 0 Å². The molecule has 0 atom stereocenters. The van der Waals surface area contributed by atoms with Gasteiger partial charge in [0, 0.05) is 12.1 Å². The van der Waals surface area contributed by atoms with E-state index in [-0.39, 0.29) is 5.91 Å². The van der Waals surface area contributed by atoms with E-state index in [1.54, 1.807) is 0 Å². The standard InChI is InChI=1S/C12H24N2O/c1-4-6-8-10-12(15)14-13-11(3)9-7-5-2/h4-10H2,1-3H3,(H,14,15). The Balaban J connectivity index is 3.58. The van der Waals surface area contributed by atoms with Crippen LogP contribution in [0.2, 0.25) is 0 Å². The first-order valence-corrected chi connectivity index (χ1v) is 6.02. The maximum atomic E-state index is 11.3. The van der Waals surface area contributed by atoms with Crippen molar-refractivity contribution in [2.75, 3.05) is 0 Å². The molecular weight excluding hydrogens is 188 g/mol. The van der Waals surface area contributed by atoms with E-state index < -0.39 is 0 Å². The van der Waals surface area contributed by atoms with E-state index in [2.05, 4.69) is 24.4 Å². The molecule has 1 amide bonds. The third kappa shape index (κ3) is 9.44. The summed E-state index contributed by atoms with van der Waals surface area (Å²) in [6.07, 6.45) is 7.10. The van der Waals surface area contributed by atoms with Gasteiger partial charge in [-0.2, -0.15) is 5.10 Å². The molecule has 0 aliphatic rings. The molecule has 0 rings (SSSR count). The normalized spacial score (nSPS) is 11.5. The predicted molar refractivity (Wildman–Crippen MR) is 64.9 cm³/mol. The van der Waals surface area contributed by atoms with Gasteiger partial charge in [0.25, 0.3) is 0 Å². The molecule has 0 heterocycles. The van der Waals surface area contributed by atoms with Crippen LogP contribution in [-0.4, -0.2) is 11.6 Å². The Labute approximate surface area is 93.3 Å². The maximum absolute atomic E-state index is 11.3. The van der Waals surface area contributed by atoms with Gasteiger partial charge in [-0.25, -0.2) is 5.43 Å². The lowest BCUT2D eigenvalue weighted by Gasteiger charge is -2.01. The molecule has 0 saturated carbocycles. The molecule has 0 saturated heterocycles. The number of rotatable bonds is 8. The van der Waals surface area contributed by atoms with Crippen LogP contribution in [0.1, 0.15) is 65.7 Å². The predicted octanol–water partition coefficient (Wildman–Crippen LogP) is 3.25. The Morgan fingerprint density at radius 1 is 1.07 bits per heavy atom. The van der Waals surface area contributed by atoms with E-state index in [9.17, 15) is 4.79 Å². The molecule has 0 fully saturated rings. The zero-order chi connectivity index (χ0) is 11.5. The second kappa shape index (κ2) is 9.69. The van der Waals surface area contributed by atoms with E-state index >= 15 is 0 Å². The number of nitrogens with one attached hydrogen (secondary N) is 1. The molecule has 0 bridgehead atoms. The number of carbonyl (C=O) groups is 1. The van der Waals surface area contributed by atoms with E-state index in [0.29, 0.717) is 6.42 Å². The molecule has 15 heavy (non-hydrogen) atoms. The lowest BCUT2D eigenvalue weighted by Crippen LogP contribution is -2.18. The molecular formula is C12H24N2O. The van der Waals surface area contributed by atoms with Crippen molar-refractivity contribution in [1.82, 2.24) is 5.43 Å². The number of hydrogen-bond donors (Lipinski definition) is 1. The fourth-order valence-electron chi connectivity index (χ4n) is 1.24. The highest BCUT2D eigenvalue weighted by atomic mass is 16.2. The minimum atomic E-state index is 0.0410. The average molecular weight is 212 g/mol. The molecule has 88 valence electrons. The quantitative estimate of drug-likeness (QED) is 0.374. The molecule has 0 spiro atoms. The second-order valence-corrected chi connectivity index (χ2v) is 3.94. The number of hydrogen-bond acceptors (Lipinski definition) is 2. The largest absolute Gasteiger partial charge is 0.273 e. The highest BCUT2D eigenvalue weighted by Gasteiger charge is 1.98. The third-order valence-corrected chi connectivity index (χ3v) is 2.27. The molecule has 3 heteroatoms. The zero-order valence-corrected chi connectivity index (χ0v) is 10.3. The van der Waals surface area contributed by atoms with Crippen molar-refractivity contribution in [3.05, 3.63) is 0 Å². The van der Waals surface area contributed by atoms with Crippen LogP contribution in [0.15, 0.2) is 5.10 Å². The molecule has 0 aliphatic heterocycles. The highest BCUT2D eigenvalue weighted by molar-refractivity contribution is 5.84. The van der Waals surface area contributed by atoms with Gasteiger partial charge in [-0.15, -0.1) is 0 Å². The molecule has 0 aromatic rings. The van der Waals surface area contributed by atoms with Gasteiger partial charge >= 0.3 is 0 Å². The SMILES string of the molecule is CCCCCC(=O)NN=C(C)CCCC. The van der Waals surface area contributed by atoms with Gasteiger partial charge < -0.3 is 0 Å². The van der Waals surface area contributed by atoms with Gasteiger partial charge in [0.2, 0.25) is 5.91 Å². The Hall–Kier alpha value is -0.860. The van der Waals surface area contributed by atoms with Crippen LogP contribution in [0.3, 0.4) is 0 Å². The van der Waals surface area contributed by atoms with Crippen molar-refractivity contribution in [2.45, 2.75) is 65.7 Å². The van der Waals surface area contributed by atoms with Crippen molar-refractivity contribution >= 4 is 11.6 Å². The van der Waals surface area contributed by atoms with Gasteiger partial charge in [-0.1, -0.05) is 33.1 Å². The molecule has 0 aromatic carbocycles. The van der Waals surface area contributed by atoms with Gasteiger partial charge in [0.05, 0.1) is 0 Å². The topological polar surface area (TPSA) is 41.5 Å². The number of amides is 1. The van der Waals surface area contributed by atoms with Crippen LogP contribution in [0.5, 0.6) is 0 Å². The first kappa shape index (κ1) is 14.1. The molecule has 0 aromatic heterocycles. The van der Waals surface area contributed by atoms with E-state index in [1.807, 2.05) is 6.92 Å². The van der Waals surface area contributed by atoms with Crippen LogP contribution in [0, 0.1) is 0 Å². The first-order valence-electron chi connectivity index (χ1n) is 6.02. The van der Waals surface area contributed by atoms with Gasteiger partial charge in [0.15, 0.2) is 0 Å². The lowest BCUT2D eigenvalue weighted by atomic mass is 10.2. The molecule has 0 aliphatic carbocycles. The summed E-state index contributed by atoms with van der Waals surface area (Å²) in [4.78, 5) is 11.3. The zero-order valence-electron chi connectivity index (χ0n) is 10.3. The average Bonchev–Trinajstić information content (AvgIpc) is 2.24. The Kier molecular flexibility index (Phi) is 9.13. The van der Waals surface area contributed by atoms with Crippen LogP contribution < -0.4 is 5.43 Å². The summed E-state index contributed by atoms with van der Waals surface area (Å²) >= 11 is 0. The summed E-state index contributed by atoms with van der Waals surface area (Å²) in [6, 6.07) is 0. The van der Waals surface area contributed by atoms with Crippen molar-refractivity contribution in [2.24, 2.45) is 5.10 Å². The number of nitrogens with zero attached hydrogens (tertiary/aromatic N) is 1. The van der Waals surface area contributed by atoms with Gasteiger partial charge in [-0.05, 0) is 26.2 Å². The van der Waals surface area contributed by atoms with E-state index in [1.165, 1.54) is 0 Å². The summed E-state index contributed by atoms with van der Waals surface area (Å²) in [7, 11) is 0. The fraction of sp³-hybridized carbons (Fsp3) is 0.833. The van der Waals surface area contributed by atoms with Crippen molar-refractivity contribution in [1.29, 1.82) is 0 Å². The minimum Gasteiger partial charge on any atom is -0.273 e. The number of carbonyl (C=O) groups excluding carboxylic acids is 1. The summed E-state index contributed by atoms with van der Waals surface area (Å²) < 4.78 is 0. The second-order valence-electron chi connectivity index (χ2n) is 3.94. The minimum absolute atomic E-state index is 0.0410. The van der Waals surface area contributed by atoms with Crippen molar-refractivity contribution in [3.63, 3.8) is 0 Å². The van der Waals surface area contributed by atoms with E-state index in [4.69, 9.17) is 0 Å². The van der Waals surface area contributed by atoms with Gasteiger partial charge in [-0.3, -0.25) is 4.79 Å².